The van der Waals surface area contributed by atoms with Crippen molar-refractivity contribution in [3.8, 4) is 17.0 Å². The van der Waals surface area contributed by atoms with E-state index in [4.69, 9.17) is 4.74 Å². The number of hydrogen-bond donors (Lipinski definition) is 1. The van der Waals surface area contributed by atoms with Gasteiger partial charge in [0.25, 0.3) is 5.91 Å². The van der Waals surface area contributed by atoms with Crippen molar-refractivity contribution in [2.75, 3.05) is 12.0 Å². The molecular formula is C25H24N2O4S. The quantitative estimate of drug-likeness (QED) is 0.528. The maximum atomic E-state index is 13.2. The zero-order valence-corrected chi connectivity index (χ0v) is 18.9. The molecule has 1 aliphatic heterocycles. The van der Waals surface area contributed by atoms with Crippen molar-refractivity contribution in [3.05, 3.63) is 76.3 Å². The Morgan fingerprint density at radius 2 is 1.91 bits per heavy atom. The highest BCUT2D eigenvalue weighted by Gasteiger charge is 2.45. The first-order valence-corrected chi connectivity index (χ1v) is 11.3. The van der Waals surface area contributed by atoms with E-state index < -0.39 is 17.7 Å². The monoisotopic (exact) mass is 448 g/mol. The lowest BCUT2D eigenvalue weighted by Crippen LogP contribution is -2.31. The third-order valence-corrected chi connectivity index (χ3v) is 6.00. The zero-order valence-electron chi connectivity index (χ0n) is 18.1. The van der Waals surface area contributed by atoms with E-state index in [9.17, 15) is 14.7 Å². The van der Waals surface area contributed by atoms with Crippen LogP contribution < -0.4 is 9.64 Å². The summed E-state index contributed by atoms with van der Waals surface area (Å²) in [7, 11) is 1.54. The molecule has 1 atom stereocenters. The van der Waals surface area contributed by atoms with Gasteiger partial charge in [-0.25, -0.2) is 4.98 Å². The molecule has 0 saturated carbocycles. The van der Waals surface area contributed by atoms with Crippen molar-refractivity contribution < 1.29 is 19.4 Å². The molecule has 6 nitrogen and oxygen atoms in total. The molecule has 0 fully saturated rings. The molecule has 4 rings (SSSR count). The normalized spacial score (nSPS) is 16.2. The summed E-state index contributed by atoms with van der Waals surface area (Å²) in [5.41, 5.74) is 4.86. The number of carbonyl (C=O) groups is 2. The standard InChI is InChI=1S/C25H24N2O4S/c1-15(2)12-20(28)22-23(18-6-4-5-7-21(18)31-3)27(25(30)24(22)29)17-10-8-16(9-11-17)19-13-32-14-26-19/h4-11,13-15,23,29H,12H2,1-3H3. The second kappa shape index (κ2) is 8.96. The number of aromatic nitrogens is 1. The molecule has 164 valence electrons. The predicted molar refractivity (Wildman–Crippen MR) is 125 cm³/mol. The van der Waals surface area contributed by atoms with Crippen LogP contribution >= 0.6 is 11.3 Å². The number of methoxy groups -OCH3 is 1. The molecule has 1 aromatic heterocycles. The molecule has 1 amide bonds. The Morgan fingerprint density at radius 1 is 1.19 bits per heavy atom. The Bertz CT molecular complexity index is 1170. The molecule has 0 spiro atoms. The van der Waals surface area contributed by atoms with Gasteiger partial charge in [0.2, 0.25) is 0 Å². The van der Waals surface area contributed by atoms with Crippen LogP contribution in [0.2, 0.25) is 0 Å². The van der Waals surface area contributed by atoms with Gasteiger partial charge in [0.15, 0.2) is 11.5 Å². The SMILES string of the molecule is COc1ccccc1C1C(C(=O)CC(C)C)=C(O)C(=O)N1c1ccc(-c2cscn2)cc1. The van der Waals surface area contributed by atoms with Gasteiger partial charge in [-0.1, -0.05) is 44.2 Å². The highest BCUT2D eigenvalue weighted by atomic mass is 32.1. The van der Waals surface area contributed by atoms with Gasteiger partial charge in [-0.05, 0) is 24.1 Å². The fourth-order valence-electron chi connectivity index (χ4n) is 3.97. The zero-order chi connectivity index (χ0) is 22.8. The van der Waals surface area contributed by atoms with E-state index in [1.54, 1.807) is 30.8 Å². The van der Waals surface area contributed by atoms with Crippen LogP contribution in [0.3, 0.4) is 0 Å². The highest BCUT2D eigenvalue weighted by molar-refractivity contribution is 7.07. The van der Waals surface area contributed by atoms with Crippen LogP contribution in [0.15, 0.2) is 70.8 Å². The van der Waals surface area contributed by atoms with E-state index in [1.165, 1.54) is 16.2 Å². The number of nitrogens with zero attached hydrogens (tertiary/aromatic N) is 2. The van der Waals surface area contributed by atoms with Crippen LogP contribution in [0.25, 0.3) is 11.3 Å². The number of Topliss-reactive ketones (excluding diaryl/α,β-unsaturated/α-hetero) is 1. The number of thiazole rings is 1. The molecule has 0 bridgehead atoms. The van der Waals surface area contributed by atoms with Crippen molar-refractivity contribution in [1.29, 1.82) is 0 Å². The number of carbonyl (C=O) groups excluding carboxylic acids is 2. The first-order chi connectivity index (χ1) is 15.4. The number of amides is 1. The number of aliphatic hydroxyl groups excluding tert-OH is 1. The maximum absolute atomic E-state index is 13.2. The van der Waals surface area contributed by atoms with E-state index in [1.807, 2.05) is 49.6 Å². The summed E-state index contributed by atoms with van der Waals surface area (Å²) in [6.45, 7) is 3.86. The van der Waals surface area contributed by atoms with Crippen molar-refractivity contribution in [2.45, 2.75) is 26.3 Å². The van der Waals surface area contributed by atoms with Crippen molar-refractivity contribution >= 4 is 28.7 Å². The van der Waals surface area contributed by atoms with Gasteiger partial charge in [-0.2, -0.15) is 0 Å². The van der Waals surface area contributed by atoms with Crippen molar-refractivity contribution in [2.24, 2.45) is 5.92 Å². The maximum Gasteiger partial charge on any atom is 0.294 e. The van der Waals surface area contributed by atoms with Crippen LogP contribution in [-0.2, 0) is 9.59 Å². The molecule has 1 unspecified atom stereocenters. The van der Waals surface area contributed by atoms with Crippen LogP contribution in [0, 0.1) is 5.92 Å². The van der Waals surface area contributed by atoms with Gasteiger partial charge in [0.05, 0.1) is 29.9 Å². The third kappa shape index (κ3) is 3.91. The number of para-hydroxylation sites is 1. The minimum absolute atomic E-state index is 0.0858. The van der Waals surface area contributed by atoms with Crippen LogP contribution in [0.5, 0.6) is 5.75 Å². The lowest BCUT2D eigenvalue weighted by Gasteiger charge is -2.28. The smallest absolute Gasteiger partial charge is 0.294 e. The lowest BCUT2D eigenvalue weighted by atomic mass is 9.91. The number of benzene rings is 2. The molecule has 3 aromatic rings. The van der Waals surface area contributed by atoms with Crippen molar-refractivity contribution in [1.82, 2.24) is 4.98 Å². The predicted octanol–water partition coefficient (Wildman–Crippen LogP) is 5.33. The van der Waals surface area contributed by atoms with E-state index in [0.717, 1.165) is 11.3 Å². The van der Waals surface area contributed by atoms with Gasteiger partial charge in [0, 0.05) is 28.6 Å². The summed E-state index contributed by atoms with van der Waals surface area (Å²) >= 11 is 1.51. The van der Waals surface area contributed by atoms with Crippen LogP contribution in [0.4, 0.5) is 5.69 Å². The van der Waals surface area contributed by atoms with Gasteiger partial charge in [-0.15, -0.1) is 11.3 Å². The fourth-order valence-corrected chi connectivity index (χ4v) is 4.53. The minimum atomic E-state index is -0.782. The Labute approximate surface area is 190 Å². The number of ether oxygens (including phenoxy) is 1. The molecule has 1 N–H and O–H groups in total. The number of ketones is 1. The summed E-state index contributed by atoms with van der Waals surface area (Å²) in [5.74, 6) is -0.727. The van der Waals surface area contributed by atoms with Gasteiger partial charge in [-0.3, -0.25) is 14.5 Å². The molecule has 1 aliphatic rings. The molecule has 0 aliphatic carbocycles. The van der Waals surface area contributed by atoms with Crippen LogP contribution in [-0.4, -0.2) is 28.9 Å². The van der Waals surface area contributed by atoms with Gasteiger partial charge in [0.1, 0.15) is 5.75 Å². The number of hydrogen-bond acceptors (Lipinski definition) is 6. The van der Waals surface area contributed by atoms with Gasteiger partial charge >= 0.3 is 0 Å². The Kier molecular flexibility index (Phi) is 6.10. The first kappa shape index (κ1) is 21.8. The molecular weight excluding hydrogens is 424 g/mol. The molecule has 0 saturated heterocycles. The third-order valence-electron chi connectivity index (χ3n) is 5.41. The largest absolute Gasteiger partial charge is 0.503 e. The summed E-state index contributed by atoms with van der Waals surface area (Å²) in [6, 6.07) is 13.8. The number of rotatable bonds is 7. The molecule has 0 radical (unpaired) electrons. The summed E-state index contributed by atoms with van der Waals surface area (Å²) in [5, 5.41) is 12.7. The summed E-state index contributed by atoms with van der Waals surface area (Å²) in [4.78, 5) is 32.1. The molecule has 7 heteroatoms. The van der Waals surface area contributed by atoms with Crippen molar-refractivity contribution in [3.63, 3.8) is 0 Å². The summed E-state index contributed by atoms with van der Waals surface area (Å²) in [6.07, 6.45) is 0.231. The Hall–Kier alpha value is -3.45. The van der Waals surface area contributed by atoms with E-state index in [0.29, 0.717) is 17.0 Å². The lowest BCUT2D eigenvalue weighted by molar-refractivity contribution is -0.118. The number of aliphatic hydroxyl groups is 1. The van der Waals surface area contributed by atoms with Crippen LogP contribution in [0.1, 0.15) is 31.9 Å². The Balaban J connectivity index is 1.82. The average molecular weight is 449 g/mol. The van der Waals surface area contributed by atoms with E-state index >= 15 is 0 Å². The highest BCUT2D eigenvalue weighted by Crippen LogP contribution is 2.44. The molecule has 32 heavy (non-hydrogen) atoms. The average Bonchev–Trinajstić information content (AvgIpc) is 3.41. The number of anilines is 1. The van der Waals surface area contributed by atoms with E-state index in [-0.39, 0.29) is 23.7 Å². The van der Waals surface area contributed by atoms with Gasteiger partial charge < -0.3 is 9.84 Å². The Morgan fingerprint density at radius 3 is 2.53 bits per heavy atom. The van der Waals surface area contributed by atoms with E-state index in [2.05, 4.69) is 4.98 Å². The molecule has 2 aromatic carbocycles. The molecule has 2 heterocycles. The second-order valence-corrected chi connectivity index (χ2v) is 8.74. The minimum Gasteiger partial charge on any atom is -0.503 e. The first-order valence-electron chi connectivity index (χ1n) is 10.3. The fraction of sp³-hybridized carbons (Fsp3) is 0.240. The second-order valence-electron chi connectivity index (χ2n) is 8.02. The topological polar surface area (TPSA) is 79.7 Å². The summed E-state index contributed by atoms with van der Waals surface area (Å²) < 4.78 is 5.53.